The van der Waals surface area contributed by atoms with Crippen LogP contribution in [-0.4, -0.2) is 22.6 Å². The summed E-state index contributed by atoms with van der Waals surface area (Å²) in [6.45, 7) is 5.67. The van der Waals surface area contributed by atoms with Crippen LogP contribution in [0.5, 0.6) is 0 Å². The maximum Gasteiger partial charge on any atom is 0.0675 e. The summed E-state index contributed by atoms with van der Waals surface area (Å²) in [6, 6.07) is 6.99. The molecule has 3 heteroatoms. The van der Waals surface area contributed by atoms with E-state index in [1.54, 1.807) is 11.3 Å². The zero-order valence-electron chi connectivity index (χ0n) is 11.3. The topological polar surface area (TPSA) is 8.17 Å². The Morgan fingerprint density at radius 1 is 1.32 bits per heavy atom. The number of para-hydroxylation sites is 1. The number of nitrogens with zero attached hydrogens (tertiary/aromatic N) is 2. The summed E-state index contributed by atoms with van der Waals surface area (Å²) in [6.07, 6.45) is 3.82. The van der Waals surface area contributed by atoms with Crippen molar-refractivity contribution in [2.24, 2.45) is 0 Å². The van der Waals surface area contributed by atoms with E-state index in [2.05, 4.69) is 28.5 Å². The van der Waals surface area contributed by atoms with E-state index in [9.17, 15) is 0 Å². The summed E-state index contributed by atoms with van der Waals surface area (Å²) in [7, 11) is 0. The highest BCUT2D eigenvalue weighted by Gasteiger charge is 2.34. The van der Waals surface area contributed by atoms with Crippen LogP contribution in [0, 0.1) is 0 Å². The van der Waals surface area contributed by atoms with Crippen LogP contribution >= 0.6 is 11.6 Å². The number of fused-ring (bicyclic) bond motifs is 3. The molecular formula is C16H19ClN2. The first-order valence-corrected chi connectivity index (χ1v) is 7.72. The average Bonchev–Trinajstić information content (AvgIpc) is 2.77. The van der Waals surface area contributed by atoms with Crippen LogP contribution in [0.1, 0.15) is 37.1 Å². The molecule has 2 aromatic rings. The lowest BCUT2D eigenvalue weighted by molar-refractivity contribution is 0.149. The van der Waals surface area contributed by atoms with Crippen molar-refractivity contribution in [3.8, 4) is 0 Å². The maximum atomic E-state index is 6.47. The van der Waals surface area contributed by atoms with E-state index in [0.717, 1.165) is 24.7 Å². The van der Waals surface area contributed by atoms with Gasteiger partial charge in [0, 0.05) is 24.2 Å². The Bertz CT molecular complexity index is 644. The molecule has 1 aliphatic heterocycles. The fraction of sp³-hybridized carbons (Fsp3) is 0.500. The van der Waals surface area contributed by atoms with Crippen molar-refractivity contribution in [2.45, 2.75) is 38.8 Å². The van der Waals surface area contributed by atoms with Gasteiger partial charge in [0.25, 0.3) is 0 Å². The predicted octanol–water partition coefficient (Wildman–Crippen LogP) is 4.01. The predicted molar refractivity (Wildman–Crippen MR) is 79.9 cm³/mol. The summed E-state index contributed by atoms with van der Waals surface area (Å²) >= 11 is 6.47. The quantitative estimate of drug-likeness (QED) is 0.763. The molecule has 0 saturated carbocycles. The van der Waals surface area contributed by atoms with Crippen LogP contribution in [0.4, 0.5) is 0 Å². The SMILES string of the molecule is CCN1CCn2c3c(c4cccc(Cl)c42)CCCC31. The molecule has 19 heavy (non-hydrogen) atoms. The summed E-state index contributed by atoms with van der Waals surface area (Å²) in [5, 5.41) is 2.31. The molecule has 2 heterocycles. The van der Waals surface area contributed by atoms with Gasteiger partial charge in [-0.3, -0.25) is 4.90 Å². The third-order valence-electron chi connectivity index (χ3n) is 4.86. The van der Waals surface area contributed by atoms with Gasteiger partial charge in [-0.1, -0.05) is 30.7 Å². The number of rotatable bonds is 1. The summed E-state index contributed by atoms with van der Waals surface area (Å²) < 4.78 is 2.50. The van der Waals surface area contributed by atoms with Crippen LogP contribution in [0.2, 0.25) is 5.02 Å². The van der Waals surface area contributed by atoms with Gasteiger partial charge < -0.3 is 4.57 Å². The van der Waals surface area contributed by atoms with Crippen LogP contribution in [0.25, 0.3) is 10.9 Å². The molecule has 0 fully saturated rings. The summed E-state index contributed by atoms with van der Waals surface area (Å²) in [4.78, 5) is 2.63. The van der Waals surface area contributed by atoms with Crippen molar-refractivity contribution in [3.05, 3.63) is 34.5 Å². The van der Waals surface area contributed by atoms with E-state index in [-0.39, 0.29) is 0 Å². The number of hydrogen-bond acceptors (Lipinski definition) is 1. The second-order valence-electron chi connectivity index (χ2n) is 5.69. The Balaban J connectivity index is 2.05. The lowest BCUT2D eigenvalue weighted by Crippen LogP contribution is -2.39. The Morgan fingerprint density at radius 3 is 3.05 bits per heavy atom. The van der Waals surface area contributed by atoms with Gasteiger partial charge in [0.15, 0.2) is 0 Å². The van der Waals surface area contributed by atoms with Crippen LogP contribution in [-0.2, 0) is 13.0 Å². The van der Waals surface area contributed by atoms with Gasteiger partial charge in [0.2, 0.25) is 0 Å². The number of aromatic nitrogens is 1. The fourth-order valence-electron chi connectivity index (χ4n) is 4.06. The Morgan fingerprint density at radius 2 is 2.21 bits per heavy atom. The lowest BCUT2D eigenvalue weighted by Gasteiger charge is -2.39. The minimum atomic E-state index is 0.617. The van der Waals surface area contributed by atoms with Gasteiger partial charge in [-0.15, -0.1) is 0 Å². The van der Waals surface area contributed by atoms with E-state index in [0.29, 0.717) is 6.04 Å². The van der Waals surface area contributed by atoms with E-state index in [1.165, 1.54) is 30.2 Å². The van der Waals surface area contributed by atoms with Crippen LogP contribution < -0.4 is 0 Å². The second kappa shape index (κ2) is 4.26. The minimum Gasteiger partial charge on any atom is -0.340 e. The number of aryl methyl sites for hydroxylation is 1. The number of benzene rings is 1. The van der Waals surface area contributed by atoms with Crippen molar-refractivity contribution in [3.63, 3.8) is 0 Å². The zero-order valence-corrected chi connectivity index (χ0v) is 12.1. The van der Waals surface area contributed by atoms with Crippen LogP contribution in [0.15, 0.2) is 18.2 Å². The monoisotopic (exact) mass is 274 g/mol. The third kappa shape index (κ3) is 1.53. The molecule has 0 amide bonds. The van der Waals surface area contributed by atoms with Gasteiger partial charge in [0.05, 0.1) is 16.6 Å². The lowest BCUT2D eigenvalue weighted by atomic mass is 9.90. The summed E-state index contributed by atoms with van der Waals surface area (Å²) in [5.74, 6) is 0. The number of hydrogen-bond donors (Lipinski definition) is 0. The van der Waals surface area contributed by atoms with E-state index < -0.39 is 0 Å². The molecule has 1 aliphatic carbocycles. The molecule has 1 atom stereocenters. The molecule has 0 saturated heterocycles. The van der Waals surface area contributed by atoms with E-state index >= 15 is 0 Å². The largest absolute Gasteiger partial charge is 0.340 e. The molecule has 0 spiro atoms. The van der Waals surface area contributed by atoms with Crippen molar-refractivity contribution in [1.29, 1.82) is 0 Å². The number of halogens is 1. The van der Waals surface area contributed by atoms with Gasteiger partial charge >= 0.3 is 0 Å². The third-order valence-corrected chi connectivity index (χ3v) is 5.16. The fourth-order valence-corrected chi connectivity index (χ4v) is 4.33. The molecule has 0 radical (unpaired) electrons. The normalized spacial score (nSPS) is 22.7. The smallest absolute Gasteiger partial charge is 0.0675 e. The second-order valence-corrected chi connectivity index (χ2v) is 6.10. The van der Waals surface area contributed by atoms with Gasteiger partial charge in [-0.25, -0.2) is 0 Å². The molecule has 0 N–H and O–H groups in total. The van der Waals surface area contributed by atoms with Gasteiger partial charge in [0.1, 0.15) is 0 Å². The Hall–Kier alpha value is -0.990. The Labute approximate surface area is 119 Å². The highest BCUT2D eigenvalue weighted by atomic mass is 35.5. The minimum absolute atomic E-state index is 0.617. The Kier molecular flexibility index (Phi) is 2.64. The standard InChI is InChI=1S/C16H19ClN2/c1-2-18-9-10-19-15-11(5-3-7-13(15)17)12-6-4-8-14(18)16(12)19/h3,5,7,14H,2,4,6,8-10H2,1H3. The summed E-state index contributed by atoms with van der Waals surface area (Å²) in [5.41, 5.74) is 4.39. The molecule has 1 aromatic heterocycles. The van der Waals surface area contributed by atoms with E-state index in [1.807, 2.05) is 6.07 Å². The number of likely N-dealkylation sites (N-methyl/N-ethyl adjacent to an activating group) is 1. The van der Waals surface area contributed by atoms with Crippen molar-refractivity contribution in [2.75, 3.05) is 13.1 Å². The van der Waals surface area contributed by atoms with Crippen molar-refractivity contribution < 1.29 is 0 Å². The maximum absolute atomic E-state index is 6.47. The zero-order chi connectivity index (χ0) is 13.0. The van der Waals surface area contributed by atoms with Crippen LogP contribution in [0.3, 0.4) is 0 Å². The first-order valence-electron chi connectivity index (χ1n) is 7.34. The highest BCUT2D eigenvalue weighted by Crippen LogP contribution is 2.43. The molecule has 0 bridgehead atoms. The highest BCUT2D eigenvalue weighted by molar-refractivity contribution is 6.35. The average molecular weight is 275 g/mol. The molecule has 1 aromatic carbocycles. The van der Waals surface area contributed by atoms with E-state index in [4.69, 9.17) is 11.6 Å². The molecule has 2 nitrogen and oxygen atoms in total. The molecular weight excluding hydrogens is 256 g/mol. The molecule has 100 valence electrons. The molecule has 1 unspecified atom stereocenters. The first-order chi connectivity index (χ1) is 9.31. The van der Waals surface area contributed by atoms with Crippen molar-refractivity contribution >= 4 is 22.5 Å². The van der Waals surface area contributed by atoms with Gasteiger partial charge in [-0.05, 0) is 37.4 Å². The van der Waals surface area contributed by atoms with Gasteiger partial charge in [-0.2, -0.15) is 0 Å². The van der Waals surface area contributed by atoms with Crippen molar-refractivity contribution in [1.82, 2.24) is 9.47 Å². The first kappa shape index (κ1) is 11.8. The molecule has 4 rings (SSSR count). The molecule has 2 aliphatic rings.